The summed E-state index contributed by atoms with van der Waals surface area (Å²) >= 11 is 1.25. The molecule has 1 aromatic rings. The molecule has 1 amide bonds. The quantitative estimate of drug-likeness (QED) is 0.423. The highest BCUT2D eigenvalue weighted by molar-refractivity contribution is 7.12. The van der Waals surface area contributed by atoms with Crippen LogP contribution < -0.4 is 11.2 Å². The zero-order valence-electron chi connectivity index (χ0n) is 6.74. The summed E-state index contributed by atoms with van der Waals surface area (Å²) in [6.07, 6.45) is 4.91. The number of hydroxylamine groups is 1. The van der Waals surface area contributed by atoms with Gasteiger partial charge in [-0.25, -0.2) is 5.48 Å². The summed E-state index contributed by atoms with van der Waals surface area (Å²) in [6.45, 7) is 0.0482. The van der Waals surface area contributed by atoms with Gasteiger partial charge in [-0.1, -0.05) is 5.92 Å². The zero-order chi connectivity index (χ0) is 9.68. The minimum Gasteiger partial charge on any atom is -0.398 e. The molecule has 4 nitrogen and oxygen atoms in total. The van der Waals surface area contributed by atoms with Crippen molar-refractivity contribution in [3.05, 3.63) is 16.3 Å². The first kappa shape index (κ1) is 9.58. The number of carbonyl (C=O) groups excluding carboxylic acids is 1. The Morgan fingerprint density at radius 2 is 2.62 bits per heavy atom. The third kappa shape index (κ3) is 2.78. The van der Waals surface area contributed by atoms with E-state index >= 15 is 0 Å². The molecule has 0 aromatic carbocycles. The lowest BCUT2D eigenvalue weighted by Gasteiger charge is -1.99. The average Bonchev–Trinajstić information content (AvgIpc) is 2.52. The van der Waals surface area contributed by atoms with Crippen LogP contribution in [0, 0.1) is 12.3 Å². The topological polar surface area (TPSA) is 64.3 Å². The van der Waals surface area contributed by atoms with E-state index in [0.717, 1.165) is 0 Å². The normalized spacial score (nSPS) is 9.15. The highest BCUT2D eigenvalue weighted by Crippen LogP contribution is 2.15. The van der Waals surface area contributed by atoms with E-state index < -0.39 is 0 Å². The number of nitrogen functional groups attached to an aromatic ring is 1. The number of anilines is 1. The predicted molar refractivity (Wildman–Crippen MR) is 51.0 cm³/mol. The highest BCUT2D eigenvalue weighted by atomic mass is 32.1. The number of amides is 1. The molecule has 1 heterocycles. The molecular formula is C8H8N2O2S. The first-order valence-corrected chi connectivity index (χ1v) is 4.31. The summed E-state index contributed by atoms with van der Waals surface area (Å²) in [5.41, 5.74) is 8.18. The smallest absolute Gasteiger partial charge is 0.285 e. The lowest BCUT2D eigenvalue weighted by atomic mass is 10.4. The molecule has 0 unspecified atom stereocenters. The Kier molecular flexibility index (Phi) is 3.31. The molecule has 0 aliphatic carbocycles. The fourth-order valence-electron chi connectivity index (χ4n) is 0.664. The van der Waals surface area contributed by atoms with Gasteiger partial charge in [0.05, 0.1) is 4.88 Å². The van der Waals surface area contributed by atoms with Crippen molar-refractivity contribution in [2.75, 3.05) is 12.3 Å². The number of hydrogen-bond donors (Lipinski definition) is 2. The molecule has 0 fully saturated rings. The lowest BCUT2D eigenvalue weighted by molar-refractivity contribution is 0.0442. The van der Waals surface area contributed by atoms with Gasteiger partial charge in [-0.2, -0.15) is 0 Å². The van der Waals surface area contributed by atoms with E-state index in [2.05, 4.69) is 16.2 Å². The largest absolute Gasteiger partial charge is 0.398 e. The second kappa shape index (κ2) is 4.50. The van der Waals surface area contributed by atoms with Gasteiger partial charge < -0.3 is 5.73 Å². The van der Waals surface area contributed by atoms with Crippen molar-refractivity contribution in [2.24, 2.45) is 0 Å². The van der Waals surface area contributed by atoms with Gasteiger partial charge >= 0.3 is 0 Å². The van der Waals surface area contributed by atoms with Crippen molar-refractivity contribution in [1.29, 1.82) is 0 Å². The predicted octanol–water partition coefficient (Wildman–Crippen LogP) is 0.625. The van der Waals surface area contributed by atoms with Gasteiger partial charge in [-0.15, -0.1) is 17.8 Å². The molecule has 68 valence electrons. The summed E-state index contributed by atoms with van der Waals surface area (Å²) < 4.78 is 0. The summed E-state index contributed by atoms with van der Waals surface area (Å²) in [5, 5.41) is 1.68. The van der Waals surface area contributed by atoms with E-state index in [1.54, 1.807) is 11.4 Å². The maximum atomic E-state index is 11.2. The van der Waals surface area contributed by atoms with Crippen LogP contribution in [-0.2, 0) is 4.84 Å². The molecule has 0 spiro atoms. The number of rotatable bonds is 3. The molecule has 1 aromatic heterocycles. The molecular weight excluding hydrogens is 188 g/mol. The van der Waals surface area contributed by atoms with Gasteiger partial charge in [0, 0.05) is 11.1 Å². The van der Waals surface area contributed by atoms with Crippen molar-refractivity contribution in [3.8, 4) is 12.3 Å². The third-order valence-electron chi connectivity index (χ3n) is 1.16. The van der Waals surface area contributed by atoms with Crippen molar-refractivity contribution in [1.82, 2.24) is 5.48 Å². The van der Waals surface area contributed by atoms with E-state index in [1.807, 2.05) is 0 Å². The Hall–Kier alpha value is -1.51. The molecule has 0 aliphatic heterocycles. The molecule has 13 heavy (non-hydrogen) atoms. The minimum absolute atomic E-state index is 0.0482. The molecule has 5 heteroatoms. The van der Waals surface area contributed by atoms with Crippen LogP contribution in [-0.4, -0.2) is 12.5 Å². The van der Waals surface area contributed by atoms with Crippen LogP contribution in [0.5, 0.6) is 0 Å². The Morgan fingerprint density at radius 3 is 3.15 bits per heavy atom. The Labute approximate surface area is 79.6 Å². The first-order chi connectivity index (χ1) is 6.24. The Balaban J connectivity index is 2.45. The number of terminal acetylenes is 1. The average molecular weight is 196 g/mol. The van der Waals surface area contributed by atoms with Gasteiger partial charge in [-0.3, -0.25) is 9.63 Å². The van der Waals surface area contributed by atoms with Gasteiger partial charge in [0.2, 0.25) is 0 Å². The maximum Gasteiger partial charge on any atom is 0.285 e. The van der Waals surface area contributed by atoms with Crippen molar-refractivity contribution in [2.45, 2.75) is 0 Å². The van der Waals surface area contributed by atoms with E-state index in [-0.39, 0.29) is 12.5 Å². The van der Waals surface area contributed by atoms with Crippen LogP contribution in [0.3, 0.4) is 0 Å². The van der Waals surface area contributed by atoms with Crippen molar-refractivity contribution < 1.29 is 9.63 Å². The van der Waals surface area contributed by atoms with Gasteiger partial charge in [0.25, 0.3) is 5.91 Å². The summed E-state index contributed by atoms with van der Waals surface area (Å²) in [4.78, 5) is 16.3. The van der Waals surface area contributed by atoms with E-state index in [1.165, 1.54) is 11.3 Å². The molecule has 3 N–H and O–H groups in total. The molecule has 1 rings (SSSR count). The first-order valence-electron chi connectivity index (χ1n) is 3.43. The number of thiophene rings is 1. The number of nitrogens with one attached hydrogen (secondary N) is 1. The van der Waals surface area contributed by atoms with Crippen LogP contribution in [0.2, 0.25) is 0 Å². The Bertz CT molecular complexity index is 340. The van der Waals surface area contributed by atoms with Crippen LogP contribution in [0.15, 0.2) is 11.4 Å². The van der Waals surface area contributed by atoms with Gasteiger partial charge in [0.15, 0.2) is 0 Å². The van der Waals surface area contributed by atoms with E-state index in [9.17, 15) is 4.79 Å². The van der Waals surface area contributed by atoms with E-state index in [4.69, 9.17) is 12.2 Å². The molecule has 0 saturated heterocycles. The summed E-state index contributed by atoms with van der Waals surface area (Å²) in [6, 6.07) is 1.57. The Morgan fingerprint density at radius 1 is 1.85 bits per heavy atom. The second-order valence-electron chi connectivity index (χ2n) is 2.17. The SMILES string of the molecule is C#CCONC(=O)c1cc(N)cs1. The lowest BCUT2D eigenvalue weighted by Crippen LogP contribution is -2.22. The van der Waals surface area contributed by atoms with Gasteiger partial charge in [-0.05, 0) is 6.07 Å². The van der Waals surface area contributed by atoms with Crippen LogP contribution in [0.25, 0.3) is 0 Å². The highest BCUT2D eigenvalue weighted by Gasteiger charge is 2.06. The van der Waals surface area contributed by atoms with Crippen LogP contribution in [0.1, 0.15) is 9.67 Å². The van der Waals surface area contributed by atoms with Crippen molar-refractivity contribution >= 4 is 22.9 Å². The fourth-order valence-corrected chi connectivity index (χ4v) is 1.35. The molecule has 0 aliphatic rings. The van der Waals surface area contributed by atoms with E-state index in [0.29, 0.717) is 10.6 Å². The molecule has 0 atom stereocenters. The fraction of sp³-hybridized carbons (Fsp3) is 0.125. The standard InChI is InChI=1S/C8H8N2O2S/c1-2-3-12-10-8(11)7-4-6(9)5-13-7/h1,4-5H,3,9H2,(H,10,11). The second-order valence-corrected chi connectivity index (χ2v) is 3.08. The number of carbonyl (C=O) groups is 1. The summed E-state index contributed by atoms with van der Waals surface area (Å²) in [5.74, 6) is 1.89. The minimum atomic E-state index is -0.336. The van der Waals surface area contributed by atoms with Crippen molar-refractivity contribution in [3.63, 3.8) is 0 Å². The summed E-state index contributed by atoms with van der Waals surface area (Å²) in [7, 11) is 0. The number of hydrogen-bond acceptors (Lipinski definition) is 4. The van der Waals surface area contributed by atoms with Crippen LogP contribution in [0.4, 0.5) is 5.69 Å². The monoisotopic (exact) mass is 196 g/mol. The van der Waals surface area contributed by atoms with Gasteiger partial charge in [0.1, 0.15) is 6.61 Å². The number of nitrogens with two attached hydrogens (primary N) is 1. The molecule has 0 saturated carbocycles. The molecule has 0 radical (unpaired) electrons. The zero-order valence-corrected chi connectivity index (χ0v) is 7.56. The van der Waals surface area contributed by atoms with Crippen LogP contribution >= 0.6 is 11.3 Å². The maximum absolute atomic E-state index is 11.2. The third-order valence-corrected chi connectivity index (χ3v) is 2.11. The molecule has 0 bridgehead atoms.